The maximum absolute atomic E-state index is 12.6. The number of fused-ring (bicyclic) bond motifs is 1. The zero-order valence-electron chi connectivity index (χ0n) is 15.5. The second kappa shape index (κ2) is 8.06. The lowest BCUT2D eigenvalue weighted by Crippen LogP contribution is -2.21. The molecule has 0 radical (unpaired) electrons. The Balaban J connectivity index is 1.88. The van der Waals surface area contributed by atoms with Crippen LogP contribution in [0.25, 0.3) is 0 Å². The van der Waals surface area contributed by atoms with Gasteiger partial charge in [0.2, 0.25) is 6.29 Å². The number of aryl methyl sites for hydroxylation is 1. The summed E-state index contributed by atoms with van der Waals surface area (Å²) in [5.41, 5.74) is 4.47. The molecule has 0 fully saturated rings. The lowest BCUT2D eigenvalue weighted by Gasteiger charge is -2.27. The van der Waals surface area contributed by atoms with Gasteiger partial charge in [0.05, 0.1) is 18.4 Å². The molecule has 0 saturated carbocycles. The van der Waals surface area contributed by atoms with Gasteiger partial charge < -0.3 is 19.3 Å². The molecule has 2 aliphatic rings. The molecule has 3 atom stereocenters. The van der Waals surface area contributed by atoms with Crippen LogP contribution in [0.1, 0.15) is 50.7 Å². The van der Waals surface area contributed by atoms with Crippen molar-refractivity contribution < 1.29 is 24.1 Å². The minimum absolute atomic E-state index is 0.0595. The van der Waals surface area contributed by atoms with Crippen LogP contribution < -0.4 is 0 Å². The molecule has 1 aromatic carbocycles. The van der Waals surface area contributed by atoms with Crippen molar-refractivity contribution in [2.75, 3.05) is 6.61 Å². The highest BCUT2D eigenvalue weighted by Crippen LogP contribution is 2.37. The van der Waals surface area contributed by atoms with Gasteiger partial charge in [0, 0.05) is 5.92 Å². The first kappa shape index (κ1) is 18.7. The standard InChI is InChI=1S/C21H26O5/c1-4-24-20(23)18(12-25-21-14(3)13(2)19(22)26-21)17-11-7-9-15-8-5-6-10-16(15)17/h5-6,8,10,12,17,19,21-22H,4,7,9,11H2,1-3H3/b18-12+. The largest absolute Gasteiger partial charge is 0.468 e. The van der Waals surface area contributed by atoms with Crippen molar-refractivity contribution in [3.8, 4) is 0 Å². The summed E-state index contributed by atoms with van der Waals surface area (Å²) in [6, 6.07) is 8.19. The smallest absolute Gasteiger partial charge is 0.337 e. The van der Waals surface area contributed by atoms with E-state index in [2.05, 4.69) is 12.1 Å². The summed E-state index contributed by atoms with van der Waals surface area (Å²) in [5, 5.41) is 9.80. The summed E-state index contributed by atoms with van der Waals surface area (Å²) in [6.07, 6.45) is 2.71. The van der Waals surface area contributed by atoms with Crippen molar-refractivity contribution in [1.29, 1.82) is 0 Å². The number of aliphatic hydroxyl groups excluding tert-OH is 1. The van der Waals surface area contributed by atoms with Crippen molar-refractivity contribution >= 4 is 5.97 Å². The molecule has 0 saturated heterocycles. The Morgan fingerprint density at radius 3 is 2.77 bits per heavy atom. The summed E-state index contributed by atoms with van der Waals surface area (Å²) in [6.45, 7) is 5.75. The zero-order valence-corrected chi connectivity index (χ0v) is 15.5. The molecule has 5 heteroatoms. The summed E-state index contributed by atoms with van der Waals surface area (Å²) in [4.78, 5) is 12.6. The van der Waals surface area contributed by atoms with Crippen LogP contribution in [-0.4, -0.2) is 30.3 Å². The van der Waals surface area contributed by atoms with Crippen LogP contribution in [0.15, 0.2) is 47.2 Å². The second-order valence-electron chi connectivity index (χ2n) is 6.76. The molecule has 5 nitrogen and oxygen atoms in total. The first-order valence-corrected chi connectivity index (χ1v) is 9.14. The molecule has 1 aromatic rings. The van der Waals surface area contributed by atoms with Gasteiger partial charge in [-0.05, 0) is 62.3 Å². The molecule has 1 aliphatic heterocycles. The molecule has 3 unspecified atom stereocenters. The number of hydrogen-bond donors (Lipinski definition) is 1. The fourth-order valence-electron chi connectivity index (χ4n) is 3.54. The Hall–Kier alpha value is -2.11. The monoisotopic (exact) mass is 358 g/mol. The molecular formula is C21H26O5. The highest BCUT2D eigenvalue weighted by Gasteiger charge is 2.32. The number of ether oxygens (including phenoxy) is 3. The lowest BCUT2D eigenvalue weighted by atomic mass is 9.79. The third-order valence-corrected chi connectivity index (χ3v) is 5.17. The number of aliphatic hydroxyl groups is 1. The van der Waals surface area contributed by atoms with Crippen molar-refractivity contribution in [3.05, 3.63) is 58.4 Å². The molecule has 0 bridgehead atoms. The maximum atomic E-state index is 12.6. The van der Waals surface area contributed by atoms with Gasteiger partial charge in [-0.1, -0.05) is 24.3 Å². The molecule has 0 aromatic heterocycles. The van der Waals surface area contributed by atoms with Gasteiger partial charge in [-0.2, -0.15) is 0 Å². The molecule has 0 spiro atoms. The maximum Gasteiger partial charge on any atom is 0.337 e. The van der Waals surface area contributed by atoms with E-state index in [-0.39, 0.29) is 11.9 Å². The molecule has 3 rings (SSSR count). The Bertz CT molecular complexity index is 734. The first-order valence-electron chi connectivity index (χ1n) is 9.14. The topological polar surface area (TPSA) is 65.0 Å². The van der Waals surface area contributed by atoms with Crippen molar-refractivity contribution in [3.63, 3.8) is 0 Å². The van der Waals surface area contributed by atoms with Crippen LogP contribution in [0, 0.1) is 0 Å². The highest BCUT2D eigenvalue weighted by atomic mass is 16.7. The van der Waals surface area contributed by atoms with Crippen LogP contribution in [0.3, 0.4) is 0 Å². The molecule has 1 aliphatic carbocycles. The minimum atomic E-state index is -0.963. The summed E-state index contributed by atoms with van der Waals surface area (Å²) < 4.78 is 16.4. The van der Waals surface area contributed by atoms with E-state index in [9.17, 15) is 9.90 Å². The van der Waals surface area contributed by atoms with Crippen molar-refractivity contribution in [2.45, 2.75) is 58.5 Å². The van der Waals surface area contributed by atoms with E-state index < -0.39 is 12.6 Å². The molecule has 0 amide bonds. The summed E-state index contributed by atoms with van der Waals surface area (Å²) in [7, 11) is 0. The average Bonchev–Trinajstić information content (AvgIpc) is 2.89. The quantitative estimate of drug-likeness (QED) is 0.377. The highest BCUT2D eigenvalue weighted by molar-refractivity contribution is 5.90. The van der Waals surface area contributed by atoms with Gasteiger partial charge in [0.1, 0.15) is 0 Å². The van der Waals surface area contributed by atoms with E-state index in [1.54, 1.807) is 13.8 Å². The van der Waals surface area contributed by atoms with Crippen LogP contribution in [0.4, 0.5) is 0 Å². The van der Waals surface area contributed by atoms with Crippen LogP contribution in [0.2, 0.25) is 0 Å². The van der Waals surface area contributed by atoms with Crippen molar-refractivity contribution in [1.82, 2.24) is 0 Å². The molecule has 1 heterocycles. The normalized spacial score (nSPS) is 25.8. The number of benzene rings is 1. The minimum Gasteiger partial charge on any atom is -0.468 e. The van der Waals surface area contributed by atoms with Gasteiger partial charge >= 0.3 is 5.97 Å². The molecular weight excluding hydrogens is 332 g/mol. The van der Waals surface area contributed by atoms with Gasteiger partial charge in [0.15, 0.2) is 6.29 Å². The number of hydrogen-bond acceptors (Lipinski definition) is 5. The second-order valence-corrected chi connectivity index (χ2v) is 6.76. The predicted molar refractivity (Wildman–Crippen MR) is 97.2 cm³/mol. The Kier molecular flexibility index (Phi) is 5.79. The number of carbonyl (C=O) groups excluding carboxylic acids is 1. The molecule has 140 valence electrons. The van der Waals surface area contributed by atoms with E-state index in [1.165, 1.54) is 11.8 Å². The molecule has 26 heavy (non-hydrogen) atoms. The molecule has 1 N–H and O–H groups in total. The first-order chi connectivity index (χ1) is 12.5. The lowest BCUT2D eigenvalue weighted by molar-refractivity contribution is -0.158. The Morgan fingerprint density at radius 2 is 2.08 bits per heavy atom. The van der Waals surface area contributed by atoms with Gasteiger partial charge in [-0.25, -0.2) is 4.79 Å². The van der Waals surface area contributed by atoms with E-state index in [4.69, 9.17) is 14.2 Å². The number of rotatable bonds is 5. The van der Waals surface area contributed by atoms with E-state index >= 15 is 0 Å². The van der Waals surface area contributed by atoms with E-state index in [0.29, 0.717) is 12.2 Å². The Morgan fingerprint density at radius 1 is 1.31 bits per heavy atom. The third-order valence-electron chi connectivity index (χ3n) is 5.17. The number of carbonyl (C=O) groups is 1. The zero-order chi connectivity index (χ0) is 18.7. The van der Waals surface area contributed by atoms with Gasteiger partial charge in [-0.15, -0.1) is 0 Å². The fraction of sp³-hybridized carbons (Fsp3) is 0.476. The predicted octanol–water partition coefficient (Wildman–Crippen LogP) is 3.58. The van der Waals surface area contributed by atoms with Crippen LogP contribution >= 0.6 is 0 Å². The van der Waals surface area contributed by atoms with E-state index in [0.717, 1.165) is 36.0 Å². The average molecular weight is 358 g/mol. The SMILES string of the molecule is CCOC(=O)/C(=C/OC1OC(O)C(C)=C1C)C1CCCc2ccccc21. The van der Waals surface area contributed by atoms with Gasteiger partial charge in [-0.3, -0.25) is 0 Å². The Labute approximate surface area is 154 Å². The number of esters is 1. The third kappa shape index (κ3) is 3.69. The summed E-state index contributed by atoms with van der Waals surface area (Å²) in [5.74, 6) is -0.429. The van der Waals surface area contributed by atoms with Crippen LogP contribution in [-0.2, 0) is 25.4 Å². The van der Waals surface area contributed by atoms with Gasteiger partial charge in [0.25, 0.3) is 0 Å². The van der Waals surface area contributed by atoms with Crippen molar-refractivity contribution in [2.24, 2.45) is 0 Å². The van der Waals surface area contributed by atoms with Crippen LogP contribution in [0.5, 0.6) is 0 Å². The van der Waals surface area contributed by atoms with E-state index in [1.807, 2.05) is 19.1 Å². The summed E-state index contributed by atoms with van der Waals surface area (Å²) >= 11 is 0. The fourth-order valence-corrected chi connectivity index (χ4v) is 3.54.